The van der Waals surface area contributed by atoms with E-state index in [1.54, 1.807) is 55.3 Å². The molecule has 44 heavy (non-hydrogen) atoms. The molecule has 0 saturated heterocycles. The second-order valence-corrected chi connectivity index (χ2v) is 11.4. The van der Waals surface area contributed by atoms with Gasteiger partial charge in [0.2, 0.25) is 0 Å². The Morgan fingerprint density at radius 3 is 2.50 bits per heavy atom. The molecule has 2 aromatic rings. The fourth-order valence-electron chi connectivity index (χ4n) is 4.57. The number of carboxylic acid groups (broad SMARTS) is 1. The third kappa shape index (κ3) is 8.29. The lowest BCUT2D eigenvalue weighted by molar-refractivity contribution is -0.132. The third-order valence-electron chi connectivity index (χ3n) is 7.31. The highest BCUT2D eigenvalue weighted by Gasteiger charge is 2.34. The van der Waals surface area contributed by atoms with Gasteiger partial charge >= 0.3 is 5.97 Å². The fraction of sp³-hybridized carbons (Fsp3) is 0.375. The summed E-state index contributed by atoms with van der Waals surface area (Å²) in [7, 11) is 1.73. The quantitative estimate of drug-likeness (QED) is 0.260. The van der Waals surface area contributed by atoms with Crippen LogP contribution in [0, 0.1) is 22.7 Å². The van der Waals surface area contributed by atoms with Crippen molar-refractivity contribution in [2.75, 3.05) is 33.4 Å². The zero-order valence-corrected chi connectivity index (χ0v) is 26.0. The van der Waals surface area contributed by atoms with Crippen LogP contribution >= 0.6 is 11.6 Å². The van der Waals surface area contributed by atoms with Crippen molar-refractivity contribution in [1.82, 2.24) is 15.5 Å². The number of carbonyl (C=O) groups excluding carboxylic acids is 1. The summed E-state index contributed by atoms with van der Waals surface area (Å²) in [6.07, 6.45) is -0.850. The Hall–Kier alpha value is -4.55. The number of aliphatic hydroxyl groups excluding tert-OH is 1. The van der Waals surface area contributed by atoms with Gasteiger partial charge in [-0.1, -0.05) is 23.7 Å². The fourth-order valence-corrected chi connectivity index (χ4v) is 4.83. The molecule has 1 amide bonds. The van der Waals surface area contributed by atoms with Gasteiger partial charge in [0.25, 0.3) is 5.91 Å². The van der Waals surface area contributed by atoms with Gasteiger partial charge in [-0.2, -0.15) is 10.5 Å². The SMILES string of the molecule is CC1=C(C(=O)O)C(c2ccc(OCC(=O)NCC(C)(C)NC[C@H](O)COc3ccccc3C#N)cc2Cl)=C(C#N)C(C)N1C. The Balaban J connectivity index is 1.54. The van der Waals surface area contributed by atoms with E-state index in [0.717, 1.165) is 0 Å². The number of nitrogens with one attached hydrogen (secondary N) is 2. The Morgan fingerprint density at radius 2 is 1.86 bits per heavy atom. The molecule has 11 nitrogen and oxygen atoms in total. The highest BCUT2D eigenvalue weighted by Crippen LogP contribution is 2.40. The summed E-state index contributed by atoms with van der Waals surface area (Å²) >= 11 is 6.55. The maximum Gasteiger partial charge on any atom is 0.338 e. The number of nitrogens with zero attached hydrogens (tertiary/aromatic N) is 3. The summed E-state index contributed by atoms with van der Waals surface area (Å²) in [6, 6.07) is 15.2. The lowest BCUT2D eigenvalue weighted by Crippen LogP contribution is -2.52. The van der Waals surface area contributed by atoms with Crippen molar-refractivity contribution in [2.45, 2.75) is 45.4 Å². The predicted octanol–water partition coefficient (Wildman–Crippen LogP) is 3.48. The van der Waals surface area contributed by atoms with E-state index in [1.807, 2.05) is 26.8 Å². The first-order chi connectivity index (χ1) is 20.8. The number of carboxylic acids is 1. The Bertz CT molecular complexity index is 1550. The number of β-amino-alcohol motifs (C(OH)–C–C–N with tert-alkyl or cyclic N) is 1. The van der Waals surface area contributed by atoms with Crippen LogP contribution in [-0.4, -0.2) is 78.0 Å². The molecule has 0 aliphatic carbocycles. The van der Waals surface area contributed by atoms with Gasteiger partial charge in [-0.3, -0.25) is 4.79 Å². The molecule has 1 heterocycles. The monoisotopic (exact) mass is 621 g/mol. The number of halogens is 1. The molecule has 1 aliphatic rings. The standard InChI is InChI=1S/C32H36ClN5O6/c1-19-25(14-35)30(29(31(41)42)20(2)38(19)5)24-11-10-23(12-26(24)33)43-17-28(40)36-18-32(3,4)37-15-22(39)16-44-27-9-7-6-8-21(27)13-34/h6-12,19,22,37,39H,15-18H2,1-5H3,(H,36,40)(H,41,42)/t19?,22-/m0/s1. The minimum Gasteiger partial charge on any atom is -0.489 e. The second kappa shape index (κ2) is 14.8. The number of rotatable bonds is 13. The molecule has 4 N–H and O–H groups in total. The average molecular weight is 622 g/mol. The lowest BCUT2D eigenvalue weighted by atomic mass is 9.85. The number of aliphatic carboxylic acids is 1. The van der Waals surface area contributed by atoms with Gasteiger partial charge in [0.15, 0.2) is 6.61 Å². The maximum atomic E-state index is 12.5. The number of hydrogen-bond acceptors (Lipinski definition) is 9. The number of nitriles is 2. The molecule has 0 aromatic heterocycles. The number of allylic oxidation sites excluding steroid dienone is 1. The van der Waals surface area contributed by atoms with Gasteiger partial charge in [-0.15, -0.1) is 0 Å². The number of ether oxygens (including phenoxy) is 2. The number of hydrogen-bond donors (Lipinski definition) is 4. The lowest BCUT2D eigenvalue weighted by Gasteiger charge is -2.35. The Kier molecular flexibility index (Phi) is 11.4. The zero-order chi connectivity index (χ0) is 32.6. The van der Waals surface area contributed by atoms with Crippen LogP contribution in [0.1, 0.15) is 38.8 Å². The highest BCUT2D eigenvalue weighted by molar-refractivity contribution is 6.33. The highest BCUT2D eigenvalue weighted by atomic mass is 35.5. The maximum absolute atomic E-state index is 12.5. The summed E-state index contributed by atoms with van der Waals surface area (Å²) in [5.74, 6) is -0.861. The van der Waals surface area contributed by atoms with E-state index in [0.29, 0.717) is 28.3 Å². The Labute approximate surface area is 261 Å². The summed E-state index contributed by atoms with van der Waals surface area (Å²) in [4.78, 5) is 26.4. The summed E-state index contributed by atoms with van der Waals surface area (Å²) in [6.45, 7) is 7.34. The molecule has 2 aromatic carbocycles. The minimum atomic E-state index is -1.17. The molecular formula is C32H36ClN5O6. The number of likely N-dealkylation sites (N-methyl/N-ethyl adjacent to an activating group) is 1. The van der Waals surface area contributed by atoms with Crippen LogP contribution in [0.15, 0.2) is 59.3 Å². The molecule has 1 unspecified atom stereocenters. The third-order valence-corrected chi connectivity index (χ3v) is 7.62. The topological polar surface area (TPSA) is 168 Å². The Morgan fingerprint density at radius 1 is 1.16 bits per heavy atom. The average Bonchev–Trinajstić information content (AvgIpc) is 2.99. The van der Waals surface area contributed by atoms with Gasteiger partial charge in [-0.25, -0.2) is 4.79 Å². The van der Waals surface area contributed by atoms with E-state index in [2.05, 4.69) is 16.7 Å². The molecule has 0 bridgehead atoms. The smallest absolute Gasteiger partial charge is 0.338 e. The number of carbonyl (C=O) groups is 2. The minimum absolute atomic E-state index is 0.00213. The predicted molar refractivity (Wildman–Crippen MR) is 165 cm³/mol. The van der Waals surface area contributed by atoms with Gasteiger partial charge < -0.3 is 35.2 Å². The van der Waals surface area contributed by atoms with Crippen molar-refractivity contribution in [1.29, 1.82) is 10.5 Å². The van der Waals surface area contributed by atoms with E-state index >= 15 is 0 Å². The van der Waals surface area contributed by atoms with Crippen molar-refractivity contribution in [3.05, 3.63) is 75.5 Å². The molecule has 232 valence electrons. The van der Waals surface area contributed by atoms with E-state index in [4.69, 9.17) is 26.3 Å². The van der Waals surface area contributed by atoms with Gasteiger partial charge in [0.1, 0.15) is 30.3 Å². The van der Waals surface area contributed by atoms with Crippen molar-refractivity contribution in [3.8, 4) is 23.6 Å². The van der Waals surface area contributed by atoms with Crippen molar-refractivity contribution in [2.24, 2.45) is 0 Å². The molecule has 12 heteroatoms. The number of benzene rings is 2. The molecule has 3 rings (SSSR count). The first kappa shape index (κ1) is 33.9. The van der Waals surface area contributed by atoms with Gasteiger partial charge in [0.05, 0.1) is 33.8 Å². The van der Waals surface area contributed by atoms with Crippen LogP contribution in [0.25, 0.3) is 5.57 Å². The van der Waals surface area contributed by atoms with Crippen LogP contribution in [0.3, 0.4) is 0 Å². The molecule has 2 atom stereocenters. The van der Waals surface area contributed by atoms with Crippen molar-refractivity contribution < 1.29 is 29.3 Å². The zero-order valence-electron chi connectivity index (χ0n) is 25.3. The van der Waals surface area contributed by atoms with E-state index in [9.17, 15) is 25.1 Å². The largest absolute Gasteiger partial charge is 0.489 e. The van der Waals surface area contributed by atoms with Crippen LogP contribution in [-0.2, 0) is 9.59 Å². The van der Waals surface area contributed by atoms with Crippen LogP contribution < -0.4 is 20.1 Å². The normalized spacial score (nSPS) is 15.8. The number of aliphatic hydroxyl groups is 1. The number of para-hydroxylation sites is 1. The summed E-state index contributed by atoms with van der Waals surface area (Å²) < 4.78 is 11.2. The van der Waals surface area contributed by atoms with Crippen LogP contribution in [0.5, 0.6) is 11.5 Å². The first-order valence-corrected chi connectivity index (χ1v) is 14.2. The van der Waals surface area contributed by atoms with Gasteiger partial charge in [-0.05, 0) is 58.0 Å². The molecule has 1 aliphatic heterocycles. The summed E-state index contributed by atoms with van der Waals surface area (Å²) in [5, 5.41) is 45.4. The van der Waals surface area contributed by atoms with E-state index < -0.39 is 17.6 Å². The van der Waals surface area contributed by atoms with E-state index in [1.165, 1.54) is 6.07 Å². The second-order valence-electron chi connectivity index (χ2n) is 11.0. The molecule has 0 saturated carbocycles. The first-order valence-electron chi connectivity index (χ1n) is 13.9. The number of amides is 1. The molecule has 0 spiro atoms. The van der Waals surface area contributed by atoms with Crippen molar-refractivity contribution >= 4 is 29.1 Å². The van der Waals surface area contributed by atoms with Gasteiger partial charge in [0, 0.05) is 42.5 Å². The van der Waals surface area contributed by atoms with Crippen LogP contribution in [0.4, 0.5) is 0 Å². The van der Waals surface area contributed by atoms with E-state index in [-0.39, 0.29) is 60.0 Å². The molecular weight excluding hydrogens is 586 g/mol. The van der Waals surface area contributed by atoms with Crippen molar-refractivity contribution in [3.63, 3.8) is 0 Å². The molecule has 0 fully saturated rings. The summed E-state index contributed by atoms with van der Waals surface area (Å²) in [5.41, 5.74) is 1.24. The van der Waals surface area contributed by atoms with Crippen LogP contribution in [0.2, 0.25) is 5.02 Å². The molecule has 0 radical (unpaired) electrons.